The van der Waals surface area contributed by atoms with Crippen LogP contribution in [0.2, 0.25) is 0 Å². The van der Waals surface area contributed by atoms with Gasteiger partial charge in [-0.25, -0.2) is 4.98 Å². The zero-order chi connectivity index (χ0) is 22.1. The van der Waals surface area contributed by atoms with E-state index in [1.807, 2.05) is 12.1 Å². The summed E-state index contributed by atoms with van der Waals surface area (Å²) >= 11 is 1.22. The van der Waals surface area contributed by atoms with Gasteiger partial charge in [0.25, 0.3) is 5.91 Å². The standard InChI is InChI=1S/C22H21N3O5S/c1-27-12-5-6-16(28-2)15(9-12)24-21(26)20-19(23)13-7-11-8-17(29-3)18(30-4)10-14(11)25-22(13)31-20/h5-10H,23H2,1-4H3,(H,24,26). The molecule has 0 saturated heterocycles. The molecule has 0 unspecified atom stereocenters. The summed E-state index contributed by atoms with van der Waals surface area (Å²) < 4.78 is 21.3. The minimum atomic E-state index is -0.355. The van der Waals surface area contributed by atoms with Crippen LogP contribution in [0.5, 0.6) is 23.0 Å². The molecule has 2 aromatic heterocycles. The Hall–Kier alpha value is -3.72. The fourth-order valence-electron chi connectivity index (χ4n) is 3.29. The second-order valence-corrected chi connectivity index (χ2v) is 7.61. The highest BCUT2D eigenvalue weighted by molar-refractivity contribution is 7.21. The van der Waals surface area contributed by atoms with Crippen LogP contribution in [0.15, 0.2) is 36.4 Å². The van der Waals surface area contributed by atoms with Gasteiger partial charge in [-0.2, -0.15) is 0 Å². The topological polar surface area (TPSA) is 105 Å². The molecule has 0 radical (unpaired) electrons. The van der Waals surface area contributed by atoms with Crippen LogP contribution in [-0.2, 0) is 0 Å². The van der Waals surface area contributed by atoms with E-state index in [0.717, 1.165) is 5.39 Å². The van der Waals surface area contributed by atoms with E-state index in [4.69, 9.17) is 24.7 Å². The Bertz CT molecular complexity index is 1300. The van der Waals surface area contributed by atoms with E-state index < -0.39 is 0 Å². The number of rotatable bonds is 6. The van der Waals surface area contributed by atoms with Crippen molar-refractivity contribution in [2.45, 2.75) is 0 Å². The van der Waals surface area contributed by atoms with Crippen molar-refractivity contribution in [1.29, 1.82) is 0 Å². The zero-order valence-corrected chi connectivity index (χ0v) is 18.3. The summed E-state index contributed by atoms with van der Waals surface area (Å²) in [6, 6.07) is 10.7. The lowest BCUT2D eigenvalue weighted by Gasteiger charge is -2.11. The van der Waals surface area contributed by atoms with Crippen LogP contribution in [0.25, 0.3) is 21.1 Å². The van der Waals surface area contributed by atoms with Crippen molar-refractivity contribution in [1.82, 2.24) is 4.98 Å². The lowest BCUT2D eigenvalue weighted by molar-refractivity contribution is 0.103. The molecule has 2 heterocycles. The van der Waals surface area contributed by atoms with Crippen molar-refractivity contribution < 1.29 is 23.7 Å². The van der Waals surface area contributed by atoms with Gasteiger partial charge < -0.3 is 30.0 Å². The van der Waals surface area contributed by atoms with Crippen molar-refractivity contribution in [3.05, 3.63) is 41.3 Å². The minimum Gasteiger partial charge on any atom is -0.497 e. The number of hydrogen-bond acceptors (Lipinski definition) is 8. The Kier molecular flexibility index (Phi) is 5.43. The minimum absolute atomic E-state index is 0.355. The molecular formula is C22H21N3O5S. The molecule has 9 heteroatoms. The van der Waals surface area contributed by atoms with Crippen LogP contribution in [0.1, 0.15) is 9.67 Å². The summed E-state index contributed by atoms with van der Waals surface area (Å²) in [6.45, 7) is 0. The van der Waals surface area contributed by atoms with Gasteiger partial charge in [-0.1, -0.05) is 0 Å². The van der Waals surface area contributed by atoms with E-state index in [0.29, 0.717) is 55.0 Å². The molecule has 1 amide bonds. The normalized spacial score (nSPS) is 10.8. The Morgan fingerprint density at radius 3 is 2.32 bits per heavy atom. The number of aromatic nitrogens is 1. The number of carbonyl (C=O) groups excluding carboxylic acids is 1. The summed E-state index contributed by atoms with van der Waals surface area (Å²) in [5.74, 6) is 1.92. The van der Waals surface area contributed by atoms with Gasteiger partial charge in [0.1, 0.15) is 21.2 Å². The van der Waals surface area contributed by atoms with Crippen LogP contribution in [0.4, 0.5) is 11.4 Å². The number of carbonyl (C=O) groups is 1. The quantitative estimate of drug-likeness (QED) is 0.461. The molecule has 160 valence electrons. The van der Waals surface area contributed by atoms with E-state index in [9.17, 15) is 4.79 Å². The van der Waals surface area contributed by atoms with Crippen molar-refractivity contribution in [3.63, 3.8) is 0 Å². The van der Waals surface area contributed by atoms with Gasteiger partial charge in [-0.15, -0.1) is 11.3 Å². The van der Waals surface area contributed by atoms with Gasteiger partial charge in [0.2, 0.25) is 0 Å². The first-order valence-electron chi connectivity index (χ1n) is 9.27. The number of nitrogen functional groups attached to an aromatic ring is 1. The fourth-order valence-corrected chi connectivity index (χ4v) is 4.27. The van der Waals surface area contributed by atoms with Gasteiger partial charge in [0, 0.05) is 22.9 Å². The van der Waals surface area contributed by atoms with Gasteiger partial charge in [0.15, 0.2) is 11.5 Å². The lowest BCUT2D eigenvalue weighted by atomic mass is 10.1. The van der Waals surface area contributed by atoms with E-state index in [2.05, 4.69) is 10.3 Å². The molecule has 0 fully saturated rings. The molecule has 0 saturated carbocycles. The first kappa shape index (κ1) is 20.5. The number of amides is 1. The highest BCUT2D eigenvalue weighted by atomic mass is 32.1. The molecule has 8 nitrogen and oxygen atoms in total. The third-order valence-electron chi connectivity index (χ3n) is 4.88. The van der Waals surface area contributed by atoms with E-state index >= 15 is 0 Å². The molecule has 0 aliphatic carbocycles. The number of pyridine rings is 1. The maximum Gasteiger partial charge on any atom is 0.268 e. The van der Waals surface area contributed by atoms with Crippen LogP contribution in [0, 0.1) is 0 Å². The van der Waals surface area contributed by atoms with Crippen LogP contribution < -0.4 is 30.0 Å². The Labute approximate surface area is 182 Å². The second kappa shape index (κ2) is 8.19. The number of thiophene rings is 1. The number of fused-ring (bicyclic) bond motifs is 2. The van der Waals surface area contributed by atoms with Crippen LogP contribution in [-0.4, -0.2) is 39.3 Å². The fraction of sp³-hybridized carbons (Fsp3) is 0.182. The van der Waals surface area contributed by atoms with Crippen molar-refractivity contribution in [2.75, 3.05) is 39.5 Å². The molecule has 0 bridgehead atoms. The van der Waals surface area contributed by atoms with Gasteiger partial charge in [-0.3, -0.25) is 4.79 Å². The molecular weight excluding hydrogens is 418 g/mol. The summed E-state index contributed by atoms with van der Waals surface area (Å²) in [5, 5.41) is 4.38. The van der Waals surface area contributed by atoms with E-state index in [-0.39, 0.29) is 5.91 Å². The smallest absolute Gasteiger partial charge is 0.268 e. The number of hydrogen-bond donors (Lipinski definition) is 2. The number of anilines is 2. The first-order valence-corrected chi connectivity index (χ1v) is 10.1. The third-order valence-corrected chi connectivity index (χ3v) is 5.99. The molecule has 31 heavy (non-hydrogen) atoms. The number of ether oxygens (including phenoxy) is 4. The van der Waals surface area contributed by atoms with Crippen LogP contribution in [0.3, 0.4) is 0 Å². The van der Waals surface area contributed by atoms with Crippen molar-refractivity contribution in [3.8, 4) is 23.0 Å². The van der Waals surface area contributed by atoms with Crippen LogP contribution >= 0.6 is 11.3 Å². The molecule has 4 rings (SSSR count). The monoisotopic (exact) mass is 439 g/mol. The molecule has 0 spiro atoms. The average Bonchev–Trinajstić information content (AvgIpc) is 3.11. The molecule has 0 aliphatic heterocycles. The van der Waals surface area contributed by atoms with Gasteiger partial charge in [0.05, 0.1) is 45.3 Å². The Balaban J connectivity index is 1.77. The van der Waals surface area contributed by atoms with Crippen molar-refractivity contribution >= 4 is 49.7 Å². The zero-order valence-electron chi connectivity index (χ0n) is 17.4. The number of benzene rings is 2. The molecule has 4 aromatic rings. The second-order valence-electron chi connectivity index (χ2n) is 6.61. The summed E-state index contributed by atoms with van der Waals surface area (Å²) in [5.41, 5.74) is 7.90. The molecule has 0 atom stereocenters. The number of methoxy groups -OCH3 is 4. The largest absolute Gasteiger partial charge is 0.497 e. The molecule has 0 aliphatic rings. The number of nitrogens with zero attached hydrogens (tertiary/aromatic N) is 1. The van der Waals surface area contributed by atoms with Gasteiger partial charge >= 0.3 is 0 Å². The Morgan fingerprint density at radius 1 is 0.935 bits per heavy atom. The Morgan fingerprint density at radius 2 is 1.65 bits per heavy atom. The predicted molar refractivity (Wildman–Crippen MR) is 122 cm³/mol. The molecule has 2 aromatic carbocycles. The third kappa shape index (κ3) is 3.64. The first-order chi connectivity index (χ1) is 15.0. The molecule has 3 N–H and O–H groups in total. The maximum atomic E-state index is 13.0. The van der Waals surface area contributed by atoms with E-state index in [1.54, 1.807) is 45.6 Å². The lowest BCUT2D eigenvalue weighted by Crippen LogP contribution is -2.12. The summed E-state index contributed by atoms with van der Waals surface area (Å²) in [7, 11) is 6.23. The summed E-state index contributed by atoms with van der Waals surface area (Å²) in [4.78, 5) is 18.7. The summed E-state index contributed by atoms with van der Waals surface area (Å²) in [6.07, 6.45) is 0. The van der Waals surface area contributed by atoms with Crippen molar-refractivity contribution in [2.24, 2.45) is 0 Å². The highest BCUT2D eigenvalue weighted by Gasteiger charge is 2.20. The van der Waals surface area contributed by atoms with Gasteiger partial charge in [-0.05, 0) is 24.3 Å². The number of nitrogens with one attached hydrogen (secondary N) is 1. The number of nitrogens with two attached hydrogens (primary N) is 1. The maximum absolute atomic E-state index is 13.0. The predicted octanol–water partition coefficient (Wildman–Crippen LogP) is 4.32. The SMILES string of the molecule is COc1ccc(OC)c(NC(=O)c2sc3nc4cc(OC)c(OC)cc4cc3c2N)c1. The highest BCUT2D eigenvalue weighted by Crippen LogP contribution is 2.38. The van der Waals surface area contributed by atoms with E-state index in [1.165, 1.54) is 18.4 Å². The average molecular weight is 439 g/mol.